The second-order valence-electron chi connectivity index (χ2n) is 7.47. The topological polar surface area (TPSA) is 114 Å². The van der Waals surface area contributed by atoms with Crippen molar-refractivity contribution in [2.24, 2.45) is 0 Å². The molecule has 0 saturated heterocycles. The van der Waals surface area contributed by atoms with Crippen molar-refractivity contribution in [1.29, 1.82) is 0 Å². The molecule has 0 unspecified atom stereocenters. The van der Waals surface area contributed by atoms with Crippen LogP contribution in [0.25, 0.3) is 0 Å². The van der Waals surface area contributed by atoms with Crippen LogP contribution in [0.5, 0.6) is 23.0 Å². The molecule has 3 rings (SSSR count). The minimum Gasteiger partial charge on any atom is -0.493 e. The molecule has 0 N–H and O–H groups in total. The smallest absolute Gasteiger partial charge is 0.347 e. The molecule has 0 aliphatic heterocycles. The molecule has 9 heteroatoms. The molecule has 0 fully saturated rings. The van der Waals surface area contributed by atoms with Gasteiger partial charge in [-0.2, -0.15) is 0 Å². The quantitative estimate of drug-likeness (QED) is 0.146. The summed E-state index contributed by atoms with van der Waals surface area (Å²) in [5.74, 6) is -1.34. The first-order valence-electron chi connectivity index (χ1n) is 11.4. The van der Waals surface area contributed by atoms with Crippen molar-refractivity contribution in [2.75, 3.05) is 13.2 Å². The summed E-state index contributed by atoms with van der Waals surface area (Å²) in [7, 11) is 0. The molecule has 0 spiro atoms. The van der Waals surface area contributed by atoms with Gasteiger partial charge in [0.05, 0.1) is 18.8 Å². The van der Waals surface area contributed by atoms with Gasteiger partial charge in [0.2, 0.25) is 0 Å². The molecule has 0 radical (unpaired) electrons. The van der Waals surface area contributed by atoms with Gasteiger partial charge in [-0.25, -0.2) is 19.2 Å². The number of carbonyl (C=O) groups is 4. The van der Waals surface area contributed by atoms with Crippen LogP contribution in [-0.2, 0) is 14.3 Å². The van der Waals surface area contributed by atoms with E-state index in [2.05, 4.69) is 13.2 Å². The molecular formula is C29H24O9. The zero-order chi connectivity index (χ0) is 27.3. The SMILES string of the molecule is C=CC(=O)OCCCOc1ccccc1C(=O)Oc1ccc(OC(=O)c2ccc(OC(=O)C=C)cc2)cc1. The molecule has 0 atom stereocenters. The first-order chi connectivity index (χ1) is 18.4. The lowest BCUT2D eigenvalue weighted by Gasteiger charge is -2.11. The van der Waals surface area contributed by atoms with E-state index in [9.17, 15) is 19.2 Å². The molecule has 38 heavy (non-hydrogen) atoms. The first-order valence-corrected chi connectivity index (χ1v) is 11.4. The number of rotatable bonds is 12. The van der Waals surface area contributed by atoms with Gasteiger partial charge in [-0.05, 0) is 60.7 Å². The van der Waals surface area contributed by atoms with Gasteiger partial charge in [0.25, 0.3) is 0 Å². The van der Waals surface area contributed by atoms with Gasteiger partial charge >= 0.3 is 23.9 Å². The normalized spacial score (nSPS) is 10.0. The lowest BCUT2D eigenvalue weighted by molar-refractivity contribution is -0.138. The van der Waals surface area contributed by atoms with Gasteiger partial charge in [-0.3, -0.25) is 0 Å². The second kappa shape index (κ2) is 13.8. The van der Waals surface area contributed by atoms with Crippen LogP contribution in [0.4, 0.5) is 0 Å². The maximum atomic E-state index is 12.7. The Balaban J connectivity index is 1.54. The van der Waals surface area contributed by atoms with Crippen LogP contribution in [0.2, 0.25) is 0 Å². The fourth-order valence-corrected chi connectivity index (χ4v) is 2.95. The van der Waals surface area contributed by atoms with E-state index in [-0.39, 0.29) is 41.6 Å². The molecular weight excluding hydrogens is 492 g/mol. The van der Waals surface area contributed by atoms with Gasteiger partial charge < -0.3 is 23.7 Å². The molecule has 0 aliphatic carbocycles. The number of benzene rings is 3. The van der Waals surface area contributed by atoms with Crippen molar-refractivity contribution < 1.29 is 42.9 Å². The maximum Gasteiger partial charge on any atom is 0.347 e. The summed E-state index contributed by atoms with van der Waals surface area (Å²) in [6, 6.07) is 18.3. The molecule has 0 amide bonds. The Kier molecular flexibility index (Phi) is 9.94. The van der Waals surface area contributed by atoms with E-state index in [0.29, 0.717) is 12.2 Å². The van der Waals surface area contributed by atoms with Crippen molar-refractivity contribution in [1.82, 2.24) is 0 Å². The first kappa shape index (κ1) is 27.4. The molecule has 0 aromatic heterocycles. The Hall–Kier alpha value is -5.18. The van der Waals surface area contributed by atoms with E-state index < -0.39 is 23.9 Å². The Morgan fingerprint density at radius 2 is 1.18 bits per heavy atom. The van der Waals surface area contributed by atoms with E-state index in [4.69, 9.17) is 23.7 Å². The predicted octanol–water partition coefficient (Wildman–Crippen LogP) is 4.71. The third-order valence-corrected chi connectivity index (χ3v) is 4.78. The predicted molar refractivity (Wildman–Crippen MR) is 136 cm³/mol. The van der Waals surface area contributed by atoms with Crippen LogP contribution < -0.4 is 18.9 Å². The highest BCUT2D eigenvalue weighted by Gasteiger charge is 2.15. The minimum atomic E-state index is -0.638. The lowest BCUT2D eigenvalue weighted by atomic mass is 10.2. The van der Waals surface area contributed by atoms with Crippen molar-refractivity contribution in [2.45, 2.75) is 6.42 Å². The molecule has 9 nitrogen and oxygen atoms in total. The third-order valence-electron chi connectivity index (χ3n) is 4.78. The van der Waals surface area contributed by atoms with E-state index in [1.165, 1.54) is 48.5 Å². The summed E-state index contributed by atoms with van der Waals surface area (Å²) in [5.41, 5.74) is 0.461. The van der Waals surface area contributed by atoms with E-state index >= 15 is 0 Å². The highest BCUT2D eigenvalue weighted by Crippen LogP contribution is 2.23. The fourth-order valence-electron chi connectivity index (χ4n) is 2.95. The van der Waals surface area contributed by atoms with Gasteiger partial charge in [0.1, 0.15) is 28.6 Å². The number of carbonyl (C=O) groups excluding carboxylic acids is 4. The van der Waals surface area contributed by atoms with E-state index in [0.717, 1.165) is 12.2 Å². The van der Waals surface area contributed by atoms with Crippen LogP contribution in [0.15, 0.2) is 98.1 Å². The summed E-state index contributed by atoms with van der Waals surface area (Å²) < 4.78 is 26.3. The lowest BCUT2D eigenvalue weighted by Crippen LogP contribution is -2.12. The Morgan fingerprint density at radius 1 is 0.632 bits per heavy atom. The number of ether oxygens (including phenoxy) is 5. The van der Waals surface area contributed by atoms with Crippen molar-refractivity contribution >= 4 is 23.9 Å². The highest BCUT2D eigenvalue weighted by atomic mass is 16.6. The molecule has 3 aromatic carbocycles. The monoisotopic (exact) mass is 516 g/mol. The van der Waals surface area contributed by atoms with Gasteiger partial charge in [0, 0.05) is 18.6 Å². The van der Waals surface area contributed by atoms with Crippen molar-refractivity contribution in [3.63, 3.8) is 0 Å². The molecule has 0 saturated carbocycles. The van der Waals surface area contributed by atoms with Crippen LogP contribution in [0, 0.1) is 0 Å². The van der Waals surface area contributed by atoms with Crippen molar-refractivity contribution in [3.05, 3.63) is 109 Å². The van der Waals surface area contributed by atoms with Crippen LogP contribution in [0.1, 0.15) is 27.1 Å². The van der Waals surface area contributed by atoms with Gasteiger partial charge in [0.15, 0.2) is 0 Å². The average Bonchev–Trinajstić information content (AvgIpc) is 2.94. The van der Waals surface area contributed by atoms with E-state index in [1.807, 2.05) is 0 Å². The largest absolute Gasteiger partial charge is 0.493 e. The summed E-state index contributed by atoms with van der Waals surface area (Å²) in [6.45, 7) is 7.01. The van der Waals surface area contributed by atoms with Gasteiger partial charge in [-0.1, -0.05) is 25.3 Å². The summed E-state index contributed by atoms with van der Waals surface area (Å²) in [5, 5.41) is 0. The Labute approximate surface area is 218 Å². The highest BCUT2D eigenvalue weighted by molar-refractivity contribution is 5.94. The Morgan fingerprint density at radius 3 is 1.82 bits per heavy atom. The average molecular weight is 517 g/mol. The minimum absolute atomic E-state index is 0.158. The Bertz CT molecular complexity index is 1310. The molecule has 0 bridgehead atoms. The standard InChI is InChI=1S/C29H24O9/c1-3-26(30)35-19-7-18-34-25-9-6-5-8-24(25)29(33)38-23-16-14-22(15-17-23)37-28(32)20-10-12-21(13-11-20)36-27(31)4-2/h3-6,8-17H,1-2,7,18-19H2. The number of hydrogen-bond donors (Lipinski definition) is 0. The molecule has 0 aliphatic rings. The fraction of sp³-hybridized carbons (Fsp3) is 0.103. The maximum absolute atomic E-state index is 12.7. The number of hydrogen-bond acceptors (Lipinski definition) is 9. The van der Waals surface area contributed by atoms with Crippen molar-refractivity contribution in [3.8, 4) is 23.0 Å². The van der Waals surface area contributed by atoms with Crippen LogP contribution >= 0.6 is 0 Å². The summed E-state index contributed by atoms with van der Waals surface area (Å²) in [4.78, 5) is 47.4. The van der Waals surface area contributed by atoms with Crippen LogP contribution in [-0.4, -0.2) is 37.1 Å². The zero-order valence-corrected chi connectivity index (χ0v) is 20.3. The number of para-hydroxylation sites is 1. The summed E-state index contributed by atoms with van der Waals surface area (Å²) >= 11 is 0. The molecule has 3 aromatic rings. The number of esters is 4. The van der Waals surface area contributed by atoms with Gasteiger partial charge in [-0.15, -0.1) is 0 Å². The molecule has 0 heterocycles. The third kappa shape index (κ3) is 8.20. The zero-order valence-electron chi connectivity index (χ0n) is 20.3. The molecule has 194 valence electrons. The van der Waals surface area contributed by atoms with E-state index in [1.54, 1.807) is 24.3 Å². The van der Waals surface area contributed by atoms with Crippen LogP contribution in [0.3, 0.4) is 0 Å². The second-order valence-corrected chi connectivity index (χ2v) is 7.47. The summed E-state index contributed by atoms with van der Waals surface area (Å²) in [6.07, 6.45) is 2.54.